The van der Waals surface area contributed by atoms with Gasteiger partial charge < -0.3 is 9.64 Å². The number of aromatic nitrogens is 1. The standard InChI is InChI=1S/C27H36N4O4S2/c1-6-9-12-30-23(29-13-10-19(11-14-29)26(34)35-8-3)20(18(5)21(16-28)24(30)32)15-22-25(33)31(17(4)7-2)27(36)37-22/h15,17,19H,6-14H2,1-5H3. The number of hydrogen-bond donors (Lipinski definition) is 0. The van der Waals surface area contributed by atoms with E-state index in [1.807, 2.05) is 13.8 Å². The molecule has 1 atom stereocenters. The molecule has 0 aliphatic carbocycles. The Labute approximate surface area is 228 Å². The third-order valence-corrected chi connectivity index (χ3v) is 8.46. The molecule has 37 heavy (non-hydrogen) atoms. The van der Waals surface area contributed by atoms with Crippen LogP contribution >= 0.6 is 24.0 Å². The molecule has 2 saturated heterocycles. The zero-order valence-electron chi connectivity index (χ0n) is 22.3. The van der Waals surface area contributed by atoms with Crippen molar-refractivity contribution in [1.82, 2.24) is 9.47 Å². The topological polar surface area (TPSA) is 95.6 Å². The normalized spacial score (nSPS) is 18.4. The number of amides is 1. The Morgan fingerprint density at radius 3 is 2.51 bits per heavy atom. The first-order chi connectivity index (χ1) is 17.7. The van der Waals surface area contributed by atoms with E-state index in [4.69, 9.17) is 17.0 Å². The summed E-state index contributed by atoms with van der Waals surface area (Å²) in [6, 6.07) is 2.08. The van der Waals surface area contributed by atoms with Gasteiger partial charge in [0.05, 0.1) is 17.4 Å². The quantitative estimate of drug-likeness (QED) is 0.253. The average molecular weight is 545 g/mol. The Morgan fingerprint density at radius 1 is 1.27 bits per heavy atom. The highest BCUT2D eigenvalue weighted by atomic mass is 32.2. The zero-order valence-corrected chi connectivity index (χ0v) is 24.0. The molecule has 0 spiro atoms. The summed E-state index contributed by atoms with van der Waals surface area (Å²) in [6.07, 6.45) is 5.45. The van der Waals surface area contributed by atoms with Crippen molar-refractivity contribution in [1.29, 1.82) is 5.26 Å². The number of carbonyl (C=O) groups is 2. The summed E-state index contributed by atoms with van der Waals surface area (Å²) >= 11 is 6.78. The second-order valence-corrected chi connectivity index (χ2v) is 11.2. The van der Waals surface area contributed by atoms with Gasteiger partial charge in [-0.1, -0.05) is 44.2 Å². The van der Waals surface area contributed by atoms with Crippen molar-refractivity contribution in [3.8, 4) is 6.07 Å². The van der Waals surface area contributed by atoms with Crippen LogP contribution < -0.4 is 10.5 Å². The number of thiocarbonyl (C=S) groups is 1. The van der Waals surface area contributed by atoms with E-state index in [1.54, 1.807) is 29.4 Å². The molecule has 1 aromatic heterocycles. The molecule has 3 heterocycles. The summed E-state index contributed by atoms with van der Waals surface area (Å²) in [5.41, 5.74) is 1.01. The molecule has 8 nitrogen and oxygen atoms in total. The number of nitrogens with zero attached hydrogens (tertiary/aromatic N) is 4. The van der Waals surface area contributed by atoms with E-state index < -0.39 is 0 Å². The summed E-state index contributed by atoms with van der Waals surface area (Å²) < 4.78 is 7.42. The van der Waals surface area contributed by atoms with Crippen molar-refractivity contribution in [2.24, 2.45) is 5.92 Å². The lowest BCUT2D eigenvalue weighted by Crippen LogP contribution is -2.41. The molecule has 1 amide bonds. The lowest BCUT2D eigenvalue weighted by molar-refractivity contribution is -0.148. The number of unbranched alkanes of at least 4 members (excludes halogenated alkanes) is 1. The Hall–Kier alpha value is -2.64. The van der Waals surface area contributed by atoms with Crippen molar-refractivity contribution in [3.05, 3.63) is 31.9 Å². The monoisotopic (exact) mass is 544 g/mol. The van der Waals surface area contributed by atoms with Gasteiger partial charge in [-0.05, 0) is 58.1 Å². The molecule has 200 valence electrons. The maximum atomic E-state index is 13.5. The first-order valence-corrected chi connectivity index (χ1v) is 14.3. The van der Waals surface area contributed by atoms with E-state index in [2.05, 4.69) is 17.9 Å². The molecule has 0 bridgehead atoms. The molecule has 1 unspecified atom stereocenters. The maximum Gasteiger partial charge on any atom is 0.309 e. The second-order valence-electron chi connectivity index (χ2n) is 9.48. The summed E-state index contributed by atoms with van der Waals surface area (Å²) in [7, 11) is 0. The number of rotatable bonds is 9. The molecular weight excluding hydrogens is 508 g/mol. The molecule has 1 aromatic rings. The Balaban J connectivity index is 2.14. The molecule has 0 aromatic carbocycles. The zero-order chi connectivity index (χ0) is 27.3. The van der Waals surface area contributed by atoms with Crippen LogP contribution in [0.25, 0.3) is 6.08 Å². The number of nitriles is 1. The van der Waals surface area contributed by atoms with E-state index in [0.717, 1.165) is 19.3 Å². The highest BCUT2D eigenvalue weighted by Gasteiger charge is 2.36. The molecule has 2 aliphatic heterocycles. The number of anilines is 1. The van der Waals surface area contributed by atoms with Crippen LogP contribution in [0.5, 0.6) is 0 Å². The Kier molecular flexibility index (Phi) is 9.96. The van der Waals surface area contributed by atoms with Gasteiger partial charge >= 0.3 is 5.97 Å². The third-order valence-electron chi connectivity index (χ3n) is 7.13. The fourth-order valence-electron chi connectivity index (χ4n) is 4.77. The van der Waals surface area contributed by atoms with Crippen molar-refractivity contribution in [2.75, 3.05) is 24.6 Å². The lowest BCUT2D eigenvalue weighted by atomic mass is 9.95. The van der Waals surface area contributed by atoms with Crippen molar-refractivity contribution in [2.45, 2.75) is 79.3 Å². The Morgan fingerprint density at radius 2 is 1.95 bits per heavy atom. The number of piperidine rings is 1. The van der Waals surface area contributed by atoms with Crippen LogP contribution in [0.15, 0.2) is 9.70 Å². The third kappa shape index (κ3) is 5.93. The van der Waals surface area contributed by atoms with E-state index >= 15 is 0 Å². The number of hydrogen-bond acceptors (Lipinski definition) is 8. The van der Waals surface area contributed by atoms with E-state index in [9.17, 15) is 19.6 Å². The van der Waals surface area contributed by atoms with Crippen LogP contribution in [0.2, 0.25) is 0 Å². The lowest BCUT2D eigenvalue weighted by Gasteiger charge is -2.35. The maximum absolute atomic E-state index is 13.5. The number of thioether (sulfide) groups is 1. The van der Waals surface area contributed by atoms with E-state index in [1.165, 1.54) is 11.8 Å². The minimum Gasteiger partial charge on any atom is -0.466 e. The minimum atomic E-state index is -0.319. The van der Waals surface area contributed by atoms with Gasteiger partial charge in [-0.25, -0.2) is 0 Å². The predicted octanol–water partition coefficient (Wildman–Crippen LogP) is 4.61. The smallest absolute Gasteiger partial charge is 0.309 e. The molecule has 10 heteroatoms. The molecule has 0 N–H and O–H groups in total. The van der Waals surface area contributed by atoms with Gasteiger partial charge in [0.1, 0.15) is 21.8 Å². The highest BCUT2D eigenvalue weighted by Crippen LogP contribution is 2.38. The largest absolute Gasteiger partial charge is 0.466 e. The van der Waals surface area contributed by atoms with Crippen LogP contribution in [0.3, 0.4) is 0 Å². The minimum absolute atomic E-state index is 0.0194. The average Bonchev–Trinajstić information content (AvgIpc) is 3.17. The first-order valence-electron chi connectivity index (χ1n) is 13.1. The number of pyridine rings is 1. The number of carbonyl (C=O) groups excluding carboxylic acids is 2. The van der Waals surface area contributed by atoms with Gasteiger partial charge in [-0.2, -0.15) is 5.26 Å². The second kappa shape index (κ2) is 12.7. The van der Waals surface area contributed by atoms with Crippen LogP contribution in [0.1, 0.15) is 76.5 Å². The fraction of sp³-hybridized carbons (Fsp3) is 0.593. The molecule has 2 fully saturated rings. The van der Waals surface area contributed by atoms with Crippen LogP contribution in [0, 0.1) is 24.2 Å². The van der Waals surface area contributed by atoms with E-state index in [0.29, 0.717) is 65.3 Å². The summed E-state index contributed by atoms with van der Waals surface area (Å²) in [6.45, 7) is 11.5. The van der Waals surface area contributed by atoms with Gasteiger partial charge in [0, 0.05) is 31.2 Å². The highest BCUT2D eigenvalue weighted by molar-refractivity contribution is 8.26. The molecule has 2 aliphatic rings. The first kappa shape index (κ1) is 28.9. The van der Waals surface area contributed by atoms with Crippen LogP contribution in [-0.4, -0.2) is 51.4 Å². The predicted molar refractivity (Wildman–Crippen MR) is 151 cm³/mol. The SMILES string of the molecule is CCCCn1c(N2CCC(C(=O)OCC)CC2)c(C=C2SC(=S)N(C(C)CC)C2=O)c(C)c(C#N)c1=O. The van der Waals surface area contributed by atoms with Crippen molar-refractivity contribution < 1.29 is 14.3 Å². The van der Waals surface area contributed by atoms with E-state index in [-0.39, 0.29) is 35.0 Å². The van der Waals surface area contributed by atoms with Gasteiger partial charge in [0.15, 0.2) is 0 Å². The fourth-order valence-corrected chi connectivity index (χ4v) is 6.21. The van der Waals surface area contributed by atoms with Gasteiger partial charge in [0.25, 0.3) is 11.5 Å². The number of ether oxygens (including phenoxy) is 1. The van der Waals surface area contributed by atoms with Gasteiger partial charge in [-0.3, -0.25) is 23.9 Å². The summed E-state index contributed by atoms with van der Waals surface area (Å²) in [5, 5.41) is 9.87. The van der Waals surface area contributed by atoms with Gasteiger partial charge in [-0.15, -0.1) is 0 Å². The molecule has 0 radical (unpaired) electrons. The van der Waals surface area contributed by atoms with Crippen LogP contribution in [-0.2, 0) is 20.9 Å². The summed E-state index contributed by atoms with van der Waals surface area (Å²) in [5.74, 6) is 0.184. The van der Waals surface area contributed by atoms with Crippen molar-refractivity contribution >= 4 is 52.1 Å². The van der Waals surface area contributed by atoms with Crippen molar-refractivity contribution in [3.63, 3.8) is 0 Å². The summed E-state index contributed by atoms with van der Waals surface area (Å²) in [4.78, 5) is 43.3. The molecule has 0 saturated carbocycles. The van der Waals surface area contributed by atoms with Gasteiger partial charge in [0.2, 0.25) is 0 Å². The number of esters is 1. The molecule has 3 rings (SSSR count). The molecular formula is C27H36N4O4S2. The Bertz CT molecular complexity index is 1190. The van der Waals surface area contributed by atoms with Crippen LogP contribution in [0.4, 0.5) is 5.82 Å².